The molecule has 0 saturated heterocycles. The van der Waals surface area contributed by atoms with Gasteiger partial charge < -0.3 is 10.4 Å². The maximum absolute atomic E-state index is 11.9. The highest BCUT2D eigenvalue weighted by molar-refractivity contribution is 5.90. The minimum atomic E-state index is -0.466. The number of carbonyl (C=O) groups excluding carboxylic acids is 1. The first-order valence-corrected chi connectivity index (χ1v) is 6.65. The number of anilines is 1. The topological polar surface area (TPSA) is 97.1 Å². The van der Waals surface area contributed by atoms with Gasteiger partial charge in [0, 0.05) is 18.2 Å². The van der Waals surface area contributed by atoms with Crippen LogP contribution >= 0.6 is 0 Å². The average molecular weight is 286 g/mol. The van der Waals surface area contributed by atoms with Crippen LogP contribution in [0.2, 0.25) is 0 Å². The number of aromatic hydroxyl groups is 1. The molecular formula is C14H14N4O3. The van der Waals surface area contributed by atoms with Crippen LogP contribution in [0, 0.1) is 0 Å². The van der Waals surface area contributed by atoms with Crippen molar-refractivity contribution >= 4 is 11.7 Å². The third-order valence-corrected chi connectivity index (χ3v) is 3.22. The van der Waals surface area contributed by atoms with Crippen molar-refractivity contribution in [1.29, 1.82) is 0 Å². The molecule has 0 spiro atoms. The molecule has 2 aromatic rings. The Labute approximate surface area is 120 Å². The molecular weight excluding hydrogens is 272 g/mol. The van der Waals surface area contributed by atoms with Gasteiger partial charge in [0.05, 0.1) is 5.69 Å². The van der Waals surface area contributed by atoms with E-state index in [0.29, 0.717) is 5.92 Å². The summed E-state index contributed by atoms with van der Waals surface area (Å²) < 4.78 is 1.13. The van der Waals surface area contributed by atoms with E-state index >= 15 is 0 Å². The maximum atomic E-state index is 11.9. The second-order valence-electron chi connectivity index (χ2n) is 4.95. The summed E-state index contributed by atoms with van der Waals surface area (Å²) in [6, 6.07) is 6.10. The summed E-state index contributed by atoms with van der Waals surface area (Å²) in [5, 5.41) is 16.2. The number of amides is 1. The zero-order chi connectivity index (χ0) is 14.8. The molecule has 0 aliphatic heterocycles. The van der Waals surface area contributed by atoms with Gasteiger partial charge >= 0.3 is 0 Å². The second kappa shape index (κ2) is 5.35. The largest absolute Gasteiger partial charge is 0.504 e. The standard InChI is InChI=1S/C14H14N4O3/c19-11-2-1-7-15-14(11)16-12(20)8-18-13(21)6-5-10(17-18)9-3-4-9/h1-2,5-7,9,19H,3-4,8H2,(H,15,16,20). The molecule has 7 nitrogen and oxygen atoms in total. The van der Waals surface area contributed by atoms with Crippen molar-refractivity contribution in [3.8, 4) is 5.75 Å². The van der Waals surface area contributed by atoms with Crippen molar-refractivity contribution in [3.05, 3.63) is 46.5 Å². The van der Waals surface area contributed by atoms with Crippen LogP contribution in [0.3, 0.4) is 0 Å². The SMILES string of the molecule is O=C(Cn1nc(C2CC2)ccc1=O)Nc1ncccc1O. The summed E-state index contributed by atoms with van der Waals surface area (Å²) in [6.45, 7) is -0.213. The van der Waals surface area contributed by atoms with Crippen molar-refractivity contribution in [1.82, 2.24) is 14.8 Å². The molecule has 1 fully saturated rings. The minimum Gasteiger partial charge on any atom is -0.504 e. The summed E-state index contributed by atoms with van der Waals surface area (Å²) >= 11 is 0. The van der Waals surface area contributed by atoms with E-state index in [1.165, 1.54) is 18.3 Å². The van der Waals surface area contributed by atoms with Gasteiger partial charge in [0.25, 0.3) is 5.56 Å². The lowest BCUT2D eigenvalue weighted by Crippen LogP contribution is -2.29. The fourth-order valence-corrected chi connectivity index (χ4v) is 1.98. The number of nitrogens with one attached hydrogen (secondary N) is 1. The van der Waals surface area contributed by atoms with E-state index in [1.54, 1.807) is 12.1 Å². The van der Waals surface area contributed by atoms with E-state index in [0.717, 1.165) is 23.2 Å². The number of hydrogen-bond donors (Lipinski definition) is 2. The molecule has 1 aliphatic carbocycles. The average Bonchev–Trinajstić information content (AvgIpc) is 3.28. The normalized spacial score (nSPS) is 13.9. The predicted octanol–water partition coefficient (Wildman–Crippen LogP) is 0.860. The molecule has 0 aromatic carbocycles. The van der Waals surface area contributed by atoms with Crippen molar-refractivity contribution in [2.24, 2.45) is 0 Å². The van der Waals surface area contributed by atoms with Crippen LogP contribution in [0.25, 0.3) is 0 Å². The molecule has 2 aromatic heterocycles. The lowest BCUT2D eigenvalue weighted by atomic mass is 10.3. The summed E-state index contributed by atoms with van der Waals surface area (Å²) in [4.78, 5) is 27.5. The number of carbonyl (C=O) groups is 1. The first kappa shape index (κ1) is 13.3. The summed E-state index contributed by atoms with van der Waals surface area (Å²) in [7, 11) is 0. The Morgan fingerprint density at radius 1 is 1.38 bits per heavy atom. The zero-order valence-corrected chi connectivity index (χ0v) is 11.2. The van der Waals surface area contributed by atoms with Gasteiger partial charge in [-0.25, -0.2) is 9.67 Å². The van der Waals surface area contributed by atoms with Gasteiger partial charge in [-0.1, -0.05) is 0 Å². The van der Waals surface area contributed by atoms with Gasteiger partial charge in [0.1, 0.15) is 6.54 Å². The molecule has 0 bridgehead atoms. The number of nitrogens with zero attached hydrogens (tertiary/aromatic N) is 3. The number of rotatable bonds is 4. The second-order valence-corrected chi connectivity index (χ2v) is 4.95. The third kappa shape index (κ3) is 3.07. The zero-order valence-electron chi connectivity index (χ0n) is 11.2. The molecule has 1 aliphatic rings. The maximum Gasteiger partial charge on any atom is 0.267 e. The van der Waals surface area contributed by atoms with Crippen LogP contribution in [0.5, 0.6) is 5.75 Å². The Morgan fingerprint density at radius 3 is 2.90 bits per heavy atom. The predicted molar refractivity (Wildman–Crippen MR) is 75.0 cm³/mol. The van der Waals surface area contributed by atoms with E-state index in [-0.39, 0.29) is 23.7 Å². The van der Waals surface area contributed by atoms with Crippen LogP contribution in [-0.2, 0) is 11.3 Å². The van der Waals surface area contributed by atoms with Crippen LogP contribution in [0.1, 0.15) is 24.5 Å². The molecule has 2 heterocycles. The van der Waals surface area contributed by atoms with E-state index in [9.17, 15) is 14.7 Å². The van der Waals surface area contributed by atoms with E-state index in [4.69, 9.17) is 0 Å². The molecule has 21 heavy (non-hydrogen) atoms. The molecule has 0 unspecified atom stereocenters. The smallest absolute Gasteiger partial charge is 0.267 e. The van der Waals surface area contributed by atoms with E-state index < -0.39 is 5.91 Å². The first-order chi connectivity index (χ1) is 10.1. The quantitative estimate of drug-likeness (QED) is 0.868. The van der Waals surface area contributed by atoms with Crippen LogP contribution in [0.4, 0.5) is 5.82 Å². The number of aromatic nitrogens is 3. The highest BCUT2D eigenvalue weighted by Gasteiger charge is 2.25. The van der Waals surface area contributed by atoms with Crippen molar-refractivity contribution in [2.45, 2.75) is 25.3 Å². The van der Waals surface area contributed by atoms with E-state index in [1.807, 2.05) is 0 Å². The molecule has 2 N–H and O–H groups in total. The molecule has 1 amide bonds. The van der Waals surface area contributed by atoms with Crippen molar-refractivity contribution < 1.29 is 9.90 Å². The Bertz CT molecular complexity index is 737. The van der Waals surface area contributed by atoms with Gasteiger partial charge in [-0.2, -0.15) is 5.10 Å². The van der Waals surface area contributed by atoms with Crippen molar-refractivity contribution in [2.75, 3.05) is 5.32 Å². The number of pyridine rings is 1. The third-order valence-electron chi connectivity index (χ3n) is 3.22. The summed E-state index contributed by atoms with van der Waals surface area (Å²) in [5.41, 5.74) is 0.503. The molecule has 3 rings (SSSR count). The van der Waals surface area contributed by atoms with Crippen molar-refractivity contribution in [3.63, 3.8) is 0 Å². The first-order valence-electron chi connectivity index (χ1n) is 6.65. The van der Waals surface area contributed by atoms with Gasteiger partial charge in [-0.15, -0.1) is 0 Å². The summed E-state index contributed by atoms with van der Waals surface area (Å²) in [5.74, 6) is -0.127. The van der Waals surface area contributed by atoms with Gasteiger partial charge in [-0.05, 0) is 31.0 Å². The summed E-state index contributed by atoms with van der Waals surface area (Å²) in [6.07, 6.45) is 3.59. The lowest BCUT2D eigenvalue weighted by molar-refractivity contribution is -0.117. The van der Waals surface area contributed by atoms with Crippen LogP contribution in [-0.4, -0.2) is 25.8 Å². The van der Waals surface area contributed by atoms with Crippen LogP contribution < -0.4 is 10.9 Å². The van der Waals surface area contributed by atoms with Gasteiger partial charge in [-0.3, -0.25) is 9.59 Å². The Hall–Kier alpha value is -2.70. The highest BCUT2D eigenvalue weighted by Crippen LogP contribution is 2.38. The van der Waals surface area contributed by atoms with E-state index in [2.05, 4.69) is 15.4 Å². The Morgan fingerprint density at radius 2 is 2.19 bits per heavy atom. The van der Waals surface area contributed by atoms with Gasteiger partial charge in [0.2, 0.25) is 5.91 Å². The monoisotopic (exact) mass is 286 g/mol. The Kier molecular flexibility index (Phi) is 3.39. The minimum absolute atomic E-state index is 0.0638. The number of hydrogen-bond acceptors (Lipinski definition) is 5. The van der Waals surface area contributed by atoms with Gasteiger partial charge in [0.15, 0.2) is 11.6 Å². The molecule has 0 radical (unpaired) electrons. The fraction of sp³-hybridized carbons (Fsp3) is 0.286. The molecule has 1 saturated carbocycles. The molecule has 0 atom stereocenters. The highest BCUT2D eigenvalue weighted by atomic mass is 16.3. The molecule has 7 heteroatoms. The molecule has 108 valence electrons. The lowest BCUT2D eigenvalue weighted by Gasteiger charge is -2.08. The Balaban J connectivity index is 1.74. The fourth-order valence-electron chi connectivity index (χ4n) is 1.98. The van der Waals surface area contributed by atoms with Crippen LogP contribution in [0.15, 0.2) is 35.3 Å².